The Kier molecular flexibility index (Phi) is 3.93. The molecule has 0 spiro atoms. The molecule has 0 radical (unpaired) electrons. The van der Waals surface area contributed by atoms with Crippen molar-refractivity contribution >= 4 is 50.3 Å². The van der Waals surface area contributed by atoms with Crippen molar-refractivity contribution in [2.24, 2.45) is 0 Å². The van der Waals surface area contributed by atoms with Crippen LogP contribution in [0, 0.1) is 0 Å². The third-order valence-electron chi connectivity index (χ3n) is 2.00. The molecule has 0 unspecified atom stereocenters. The van der Waals surface area contributed by atoms with Gasteiger partial charge in [0.1, 0.15) is 10.9 Å². The molecular weight excluding hydrogens is 355 g/mol. The number of hydrogen-bond donors (Lipinski definition) is 0. The number of benzene rings is 1. The van der Waals surface area contributed by atoms with Crippen LogP contribution in [0.3, 0.4) is 0 Å². The Morgan fingerprint density at radius 1 is 1.28 bits per heavy atom. The zero-order chi connectivity index (χ0) is 13.3. The molecule has 0 saturated heterocycles. The summed E-state index contributed by atoms with van der Waals surface area (Å²) in [4.78, 5) is 3.87. The van der Waals surface area contributed by atoms with Crippen molar-refractivity contribution in [2.75, 3.05) is 0 Å². The zero-order valence-corrected chi connectivity index (χ0v) is 11.6. The van der Waals surface area contributed by atoms with Crippen LogP contribution in [0.5, 0.6) is 5.75 Å². The molecule has 0 amide bonds. The topological polar surface area (TPSA) is 22.1 Å². The maximum atomic E-state index is 12.1. The highest BCUT2D eigenvalue weighted by Crippen LogP contribution is 2.38. The van der Waals surface area contributed by atoms with Crippen molar-refractivity contribution in [2.45, 2.75) is 5.51 Å². The van der Waals surface area contributed by atoms with E-state index in [-0.39, 0.29) is 10.9 Å². The number of rotatable bonds is 2. The summed E-state index contributed by atoms with van der Waals surface area (Å²) < 4.78 is 41.6. The normalized spacial score (nSPS) is 11.8. The van der Waals surface area contributed by atoms with E-state index in [1.165, 1.54) is 18.3 Å². The maximum Gasteiger partial charge on any atom is 0.479 e. The summed E-state index contributed by atoms with van der Waals surface area (Å²) in [7, 11) is 0. The fourth-order valence-corrected chi connectivity index (χ4v) is 2.25. The average Bonchev–Trinajstić information content (AvgIpc) is 2.27. The van der Waals surface area contributed by atoms with Crippen molar-refractivity contribution in [3.63, 3.8) is 0 Å². The van der Waals surface area contributed by atoms with Gasteiger partial charge in [-0.2, -0.15) is 13.2 Å². The maximum absolute atomic E-state index is 12.1. The fraction of sp³-hybridized carbons (Fsp3) is 0.100. The van der Waals surface area contributed by atoms with Crippen molar-refractivity contribution < 1.29 is 17.4 Å². The van der Waals surface area contributed by atoms with Crippen molar-refractivity contribution in [1.29, 1.82) is 0 Å². The van der Waals surface area contributed by atoms with Gasteiger partial charge in [0.25, 0.3) is 0 Å². The standard InChI is InChI=1S/C10H4BrClF3NOS/c11-7-1-2-8(17-18-10(13,14)15)5-3-9(12)16-4-6(5)7/h1-4H. The molecule has 0 atom stereocenters. The van der Waals surface area contributed by atoms with Crippen LogP contribution < -0.4 is 4.18 Å². The minimum absolute atomic E-state index is 0.0832. The van der Waals surface area contributed by atoms with Gasteiger partial charge in [-0.1, -0.05) is 27.5 Å². The Balaban J connectivity index is 2.44. The minimum Gasteiger partial charge on any atom is -0.416 e. The van der Waals surface area contributed by atoms with E-state index >= 15 is 0 Å². The molecule has 0 aliphatic rings. The number of hydrogen-bond acceptors (Lipinski definition) is 3. The van der Waals surface area contributed by atoms with Crippen LogP contribution in [0.1, 0.15) is 0 Å². The minimum atomic E-state index is -4.46. The third-order valence-corrected chi connectivity index (χ3v) is 3.35. The molecular formula is C10H4BrClF3NOS. The van der Waals surface area contributed by atoms with E-state index in [9.17, 15) is 13.2 Å². The molecule has 18 heavy (non-hydrogen) atoms. The van der Waals surface area contributed by atoms with E-state index in [0.29, 0.717) is 15.2 Å². The van der Waals surface area contributed by atoms with Gasteiger partial charge in [0.2, 0.25) is 0 Å². The SMILES string of the molecule is FC(F)(F)SOc1ccc(Br)c2cnc(Cl)cc12. The molecule has 1 heterocycles. The lowest BCUT2D eigenvalue weighted by Gasteiger charge is -2.10. The predicted octanol–water partition coefficient (Wildman–Crippen LogP) is 5.20. The molecule has 8 heteroatoms. The van der Waals surface area contributed by atoms with Crippen molar-refractivity contribution in [3.05, 3.63) is 34.0 Å². The number of aromatic nitrogens is 1. The van der Waals surface area contributed by atoms with Crippen LogP contribution in [0.15, 0.2) is 28.9 Å². The summed E-state index contributed by atoms with van der Waals surface area (Å²) in [5.74, 6) is 0.0832. The smallest absolute Gasteiger partial charge is 0.416 e. The summed E-state index contributed by atoms with van der Waals surface area (Å²) in [5, 5.41) is 1.27. The van der Waals surface area contributed by atoms with E-state index in [1.807, 2.05) is 0 Å². The molecule has 0 saturated carbocycles. The highest BCUT2D eigenvalue weighted by Gasteiger charge is 2.31. The Morgan fingerprint density at radius 3 is 2.67 bits per heavy atom. The van der Waals surface area contributed by atoms with Gasteiger partial charge < -0.3 is 4.18 Å². The molecule has 2 aromatic rings. The number of nitrogens with zero attached hydrogens (tertiary/aromatic N) is 1. The molecule has 1 aromatic heterocycles. The Bertz CT molecular complexity index is 593. The lowest BCUT2D eigenvalue weighted by Crippen LogP contribution is -2.02. The molecule has 0 aliphatic heterocycles. The summed E-state index contributed by atoms with van der Waals surface area (Å²) in [6.07, 6.45) is 1.47. The number of alkyl halides is 3. The van der Waals surface area contributed by atoms with Crippen LogP contribution in [0.4, 0.5) is 13.2 Å². The van der Waals surface area contributed by atoms with Crippen LogP contribution in [0.25, 0.3) is 10.8 Å². The largest absolute Gasteiger partial charge is 0.479 e. The zero-order valence-electron chi connectivity index (χ0n) is 8.46. The van der Waals surface area contributed by atoms with Gasteiger partial charge in [-0.25, -0.2) is 4.98 Å². The summed E-state index contributed by atoms with van der Waals surface area (Å²) >= 11 is 8.43. The van der Waals surface area contributed by atoms with E-state index in [0.717, 1.165) is 0 Å². The van der Waals surface area contributed by atoms with Crippen LogP contribution >= 0.6 is 39.6 Å². The van der Waals surface area contributed by atoms with Gasteiger partial charge >= 0.3 is 5.51 Å². The van der Waals surface area contributed by atoms with Gasteiger partial charge in [0.15, 0.2) is 12.0 Å². The molecule has 2 rings (SSSR count). The number of fused-ring (bicyclic) bond motifs is 1. The van der Waals surface area contributed by atoms with E-state index in [1.54, 1.807) is 6.07 Å². The number of pyridine rings is 1. The molecule has 2 nitrogen and oxygen atoms in total. The monoisotopic (exact) mass is 357 g/mol. The van der Waals surface area contributed by atoms with Crippen molar-refractivity contribution in [1.82, 2.24) is 4.98 Å². The van der Waals surface area contributed by atoms with Gasteiger partial charge in [0.05, 0.1) is 0 Å². The fourth-order valence-electron chi connectivity index (χ4n) is 1.32. The van der Waals surface area contributed by atoms with E-state index in [2.05, 4.69) is 25.1 Å². The molecule has 0 N–H and O–H groups in total. The third kappa shape index (κ3) is 3.21. The van der Waals surface area contributed by atoms with Crippen molar-refractivity contribution in [3.8, 4) is 5.75 Å². The molecule has 0 fully saturated rings. The van der Waals surface area contributed by atoms with Gasteiger partial charge in [0, 0.05) is 21.4 Å². The van der Waals surface area contributed by atoms with Gasteiger partial charge in [-0.3, -0.25) is 0 Å². The summed E-state index contributed by atoms with van der Waals surface area (Å²) in [6.45, 7) is 0. The lowest BCUT2D eigenvalue weighted by molar-refractivity contribution is -0.0369. The molecule has 96 valence electrons. The predicted molar refractivity (Wildman–Crippen MR) is 68.7 cm³/mol. The highest BCUT2D eigenvalue weighted by molar-refractivity contribution is 9.10. The second-order valence-electron chi connectivity index (χ2n) is 3.21. The quantitative estimate of drug-likeness (QED) is 0.544. The van der Waals surface area contributed by atoms with E-state index in [4.69, 9.17) is 11.6 Å². The van der Waals surface area contributed by atoms with Gasteiger partial charge in [-0.15, -0.1) is 0 Å². The first-order valence-electron chi connectivity index (χ1n) is 4.53. The molecule has 0 aliphatic carbocycles. The highest BCUT2D eigenvalue weighted by atomic mass is 79.9. The molecule has 0 bridgehead atoms. The first-order chi connectivity index (χ1) is 8.37. The molecule has 1 aromatic carbocycles. The van der Waals surface area contributed by atoms with Crippen LogP contribution in [0.2, 0.25) is 5.15 Å². The Labute approximate surface area is 118 Å². The van der Waals surface area contributed by atoms with Gasteiger partial charge in [-0.05, 0) is 18.2 Å². The first kappa shape index (κ1) is 13.8. The lowest BCUT2D eigenvalue weighted by atomic mass is 10.1. The first-order valence-corrected chi connectivity index (χ1v) is 6.44. The van der Waals surface area contributed by atoms with E-state index < -0.39 is 17.6 Å². The average molecular weight is 359 g/mol. The second-order valence-corrected chi connectivity index (χ2v) is 5.25. The summed E-state index contributed by atoms with van der Waals surface area (Å²) in [6, 6.07) is 4.47. The Hall–Kier alpha value is -0.660. The summed E-state index contributed by atoms with van der Waals surface area (Å²) in [5.41, 5.74) is -4.46. The number of halogens is 5. The Morgan fingerprint density at radius 2 is 2.00 bits per heavy atom. The second kappa shape index (κ2) is 5.14. The van der Waals surface area contributed by atoms with Crippen LogP contribution in [-0.4, -0.2) is 10.5 Å². The van der Waals surface area contributed by atoms with Crippen LogP contribution in [-0.2, 0) is 0 Å².